The van der Waals surface area contributed by atoms with E-state index in [-0.39, 0.29) is 36.5 Å². The molecule has 2 rings (SSSR count). The summed E-state index contributed by atoms with van der Waals surface area (Å²) in [5.41, 5.74) is 12.3. The number of phenols is 1. The number of aliphatic imine (C=N–C) groups is 1. The summed E-state index contributed by atoms with van der Waals surface area (Å²) in [4.78, 5) is 28.9. The van der Waals surface area contributed by atoms with Crippen LogP contribution in [0.1, 0.15) is 24.0 Å². The summed E-state index contributed by atoms with van der Waals surface area (Å²) >= 11 is 0. The number of amides is 2. The Bertz CT molecular complexity index is 818. The second kappa shape index (κ2) is 11.3. The molecular weight excluding hydrogens is 370 g/mol. The molecule has 0 radical (unpaired) electrons. The molecule has 0 aromatic heterocycles. The maximum Gasteiger partial charge on any atom is 0.242 e. The van der Waals surface area contributed by atoms with Crippen LogP contribution in [0, 0.1) is 0 Å². The highest BCUT2D eigenvalue weighted by atomic mass is 16.3. The van der Waals surface area contributed by atoms with Gasteiger partial charge in [0.25, 0.3) is 0 Å². The highest BCUT2D eigenvalue weighted by Crippen LogP contribution is 2.09. The van der Waals surface area contributed by atoms with Crippen molar-refractivity contribution in [2.24, 2.45) is 16.5 Å². The molecular formula is C21H27N5O3. The van der Waals surface area contributed by atoms with Crippen LogP contribution >= 0.6 is 0 Å². The van der Waals surface area contributed by atoms with Crippen molar-refractivity contribution in [3.05, 3.63) is 65.7 Å². The zero-order chi connectivity index (χ0) is 21.1. The molecule has 8 nitrogen and oxygen atoms in total. The van der Waals surface area contributed by atoms with Gasteiger partial charge in [0.1, 0.15) is 11.8 Å². The van der Waals surface area contributed by atoms with Crippen LogP contribution in [0.15, 0.2) is 59.6 Å². The van der Waals surface area contributed by atoms with E-state index >= 15 is 0 Å². The van der Waals surface area contributed by atoms with Crippen LogP contribution in [0.4, 0.5) is 0 Å². The maximum atomic E-state index is 12.6. The third-order valence-electron chi connectivity index (χ3n) is 4.21. The van der Waals surface area contributed by atoms with Gasteiger partial charge >= 0.3 is 0 Å². The van der Waals surface area contributed by atoms with Gasteiger partial charge in [0, 0.05) is 13.1 Å². The number of hydrogen-bond donors (Lipinski definition) is 5. The Hall–Kier alpha value is -3.55. The molecule has 0 aliphatic carbocycles. The van der Waals surface area contributed by atoms with Crippen molar-refractivity contribution < 1.29 is 14.7 Å². The second-order valence-electron chi connectivity index (χ2n) is 6.62. The Kier molecular flexibility index (Phi) is 8.50. The van der Waals surface area contributed by atoms with Crippen LogP contribution in [-0.4, -0.2) is 35.5 Å². The molecule has 2 amide bonds. The van der Waals surface area contributed by atoms with Crippen molar-refractivity contribution in [1.29, 1.82) is 0 Å². The lowest BCUT2D eigenvalue weighted by Gasteiger charge is -2.18. The molecule has 0 saturated heterocycles. The molecule has 7 N–H and O–H groups in total. The summed E-state index contributed by atoms with van der Waals surface area (Å²) in [5, 5.41) is 15.0. The highest BCUT2D eigenvalue weighted by molar-refractivity contribution is 5.88. The number of nitrogens with two attached hydrogens (primary N) is 2. The molecule has 0 fully saturated rings. The number of carbonyl (C=O) groups is 2. The van der Waals surface area contributed by atoms with E-state index in [1.54, 1.807) is 24.3 Å². The van der Waals surface area contributed by atoms with Gasteiger partial charge in [-0.05, 0) is 36.1 Å². The second-order valence-corrected chi connectivity index (χ2v) is 6.62. The largest absolute Gasteiger partial charge is 0.508 e. The van der Waals surface area contributed by atoms with Crippen molar-refractivity contribution in [2.75, 3.05) is 6.54 Å². The summed E-state index contributed by atoms with van der Waals surface area (Å²) in [6.07, 6.45) is 1.13. The minimum absolute atomic E-state index is 0.00792. The van der Waals surface area contributed by atoms with Gasteiger partial charge in [-0.2, -0.15) is 0 Å². The van der Waals surface area contributed by atoms with E-state index in [4.69, 9.17) is 11.5 Å². The number of hydrogen-bond acceptors (Lipinski definition) is 4. The standard InChI is InChI=1S/C21H27N5O3/c22-21(23)24-12-4-7-18(26-19(28)13-15-5-2-1-3-6-15)20(29)25-14-16-8-10-17(27)11-9-16/h1-3,5-6,8-11,18,27H,4,7,12-14H2,(H,25,29)(H,26,28)(H4,22,23,24)/t18-/m1/s1. The number of carbonyl (C=O) groups excluding carboxylic acids is 2. The minimum Gasteiger partial charge on any atom is -0.508 e. The first-order valence-corrected chi connectivity index (χ1v) is 9.38. The third-order valence-corrected chi connectivity index (χ3v) is 4.21. The Morgan fingerprint density at radius 3 is 2.34 bits per heavy atom. The number of nitrogens with zero attached hydrogens (tertiary/aromatic N) is 1. The third kappa shape index (κ3) is 8.34. The SMILES string of the molecule is NC(N)=NCCC[C@@H](NC(=O)Cc1ccccc1)C(=O)NCc1ccc(O)cc1. The lowest BCUT2D eigenvalue weighted by atomic mass is 10.1. The monoisotopic (exact) mass is 397 g/mol. The van der Waals surface area contributed by atoms with E-state index in [0.29, 0.717) is 19.4 Å². The smallest absolute Gasteiger partial charge is 0.242 e. The number of guanidine groups is 1. The molecule has 29 heavy (non-hydrogen) atoms. The first-order chi connectivity index (χ1) is 13.9. The topological polar surface area (TPSA) is 143 Å². The molecule has 2 aromatic carbocycles. The molecule has 0 aliphatic heterocycles. The molecule has 0 aliphatic rings. The van der Waals surface area contributed by atoms with Gasteiger partial charge in [0.15, 0.2) is 5.96 Å². The fourth-order valence-corrected chi connectivity index (χ4v) is 2.73. The number of rotatable bonds is 10. The average molecular weight is 397 g/mol. The van der Waals surface area contributed by atoms with Crippen molar-refractivity contribution in [3.63, 3.8) is 0 Å². The number of benzene rings is 2. The first kappa shape index (κ1) is 21.7. The summed E-state index contributed by atoms with van der Waals surface area (Å²) in [7, 11) is 0. The Labute approximate surface area is 170 Å². The maximum absolute atomic E-state index is 12.6. The van der Waals surface area contributed by atoms with Gasteiger partial charge < -0.3 is 27.2 Å². The van der Waals surface area contributed by atoms with Crippen molar-refractivity contribution in [1.82, 2.24) is 10.6 Å². The minimum atomic E-state index is -0.697. The van der Waals surface area contributed by atoms with E-state index in [9.17, 15) is 14.7 Å². The molecule has 0 saturated carbocycles. The lowest BCUT2D eigenvalue weighted by molar-refractivity contribution is -0.129. The first-order valence-electron chi connectivity index (χ1n) is 9.38. The van der Waals surface area contributed by atoms with Crippen LogP contribution in [0.5, 0.6) is 5.75 Å². The Morgan fingerprint density at radius 2 is 1.69 bits per heavy atom. The van der Waals surface area contributed by atoms with Gasteiger partial charge in [0.2, 0.25) is 11.8 Å². The van der Waals surface area contributed by atoms with Gasteiger partial charge in [0.05, 0.1) is 6.42 Å². The fourth-order valence-electron chi connectivity index (χ4n) is 2.73. The molecule has 0 bridgehead atoms. The highest BCUT2D eigenvalue weighted by Gasteiger charge is 2.20. The van der Waals surface area contributed by atoms with E-state index < -0.39 is 6.04 Å². The van der Waals surface area contributed by atoms with Crippen LogP contribution in [0.25, 0.3) is 0 Å². The molecule has 154 valence electrons. The quantitative estimate of drug-likeness (QED) is 0.229. The van der Waals surface area contributed by atoms with Gasteiger partial charge in [-0.15, -0.1) is 0 Å². The normalized spacial score (nSPS) is 11.3. The van der Waals surface area contributed by atoms with Crippen molar-refractivity contribution in [2.45, 2.75) is 31.8 Å². The summed E-state index contributed by atoms with van der Waals surface area (Å²) in [5.74, 6) is -0.371. The molecule has 2 aromatic rings. The van der Waals surface area contributed by atoms with Gasteiger partial charge in [-0.25, -0.2) is 0 Å². The van der Waals surface area contributed by atoms with E-state index in [0.717, 1.165) is 11.1 Å². The predicted molar refractivity (Wildman–Crippen MR) is 112 cm³/mol. The predicted octanol–water partition coefficient (Wildman–Crippen LogP) is 0.790. The molecule has 0 spiro atoms. The molecule has 0 unspecified atom stereocenters. The number of phenolic OH excluding ortho intramolecular Hbond substituents is 1. The van der Waals surface area contributed by atoms with E-state index in [1.807, 2.05) is 30.3 Å². The van der Waals surface area contributed by atoms with E-state index in [2.05, 4.69) is 15.6 Å². The summed E-state index contributed by atoms with van der Waals surface area (Å²) < 4.78 is 0. The summed E-state index contributed by atoms with van der Waals surface area (Å²) in [6, 6.07) is 15.2. The average Bonchev–Trinajstić information content (AvgIpc) is 2.70. The zero-order valence-corrected chi connectivity index (χ0v) is 16.2. The van der Waals surface area contributed by atoms with Crippen LogP contribution < -0.4 is 22.1 Å². The number of aromatic hydroxyl groups is 1. The van der Waals surface area contributed by atoms with E-state index in [1.165, 1.54) is 0 Å². The Morgan fingerprint density at radius 1 is 1.00 bits per heavy atom. The molecule has 0 heterocycles. The Balaban J connectivity index is 1.94. The van der Waals surface area contributed by atoms with Gasteiger partial charge in [-0.1, -0.05) is 42.5 Å². The van der Waals surface area contributed by atoms with Crippen LogP contribution in [-0.2, 0) is 22.6 Å². The van der Waals surface area contributed by atoms with Crippen molar-refractivity contribution in [3.8, 4) is 5.75 Å². The van der Waals surface area contributed by atoms with Crippen LogP contribution in [0.2, 0.25) is 0 Å². The number of nitrogens with one attached hydrogen (secondary N) is 2. The zero-order valence-electron chi connectivity index (χ0n) is 16.2. The molecule has 8 heteroatoms. The van der Waals surface area contributed by atoms with Gasteiger partial charge in [-0.3, -0.25) is 14.6 Å². The molecule has 1 atom stereocenters. The van der Waals surface area contributed by atoms with Crippen molar-refractivity contribution >= 4 is 17.8 Å². The summed E-state index contributed by atoms with van der Waals surface area (Å²) in [6.45, 7) is 0.663. The van der Waals surface area contributed by atoms with Crippen LogP contribution in [0.3, 0.4) is 0 Å². The lowest BCUT2D eigenvalue weighted by Crippen LogP contribution is -2.47. The fraction of sp³-hybridized carbons (Fsp3) is 0.286.